The summed E-state index contributed by atoms with van der Waals surface area (Å²) in [6, 6.07) is 12.0. The summed E-state index contributed by atoms with van der Waals surface area (Å²) in [4.78, 5) is 158. The lowest BCUT2D eigenvalue weighted by Crippen LogP contribution is -2.62. The number of aromatic nitrogens is 1. The molecule has 0 unspecified atom stereocenters. The van der Waals surface area contributed by atoms with E-state index in [1.165, 1.54) is 73.6 Å². The minimum Gasteiger partial charge on any atom is -0.497 e. The van der Waals surface area contributed by atoms with Gasteiger partial charge in [-0.2, -0.15) is 23.5 Å². The summed E-state index contributed by atoms with van der Waals surface area (Å²) in [5.41, 5.74) is 9.73. The third-order valence-corrected chi connectivity index (χ3v) is 20.1. The van der Waals surface area contributed by atoms with Crippen molar-refractivity contribution in [3.05, 3.63) is 142 Å². The summed E-state index contributed by atoms with van der Waals surface area (Å²) < 4.78 is 35.3. The fourth-order valence-corrected chi connectivity index (χ4v) is 14.2. The number of allylic oxidation sites excluding steroid dienone is 1. The van der Waals surface area contributed by atoms with E-state index in [9.17, 15) is 42.7 Å². The zero-order chi connectivity index (χ0) is 71.5. The Morgan fingerprint density at radius 1 is 0.720 bits per heavy atom. The lowest BCUT2D eigenvalue weighted by atomic mass is 9.95. The summed E-state index contributed by atoms with van der Waals surface area (Å²) in [7, 11) is 1.49. The summed E-state index contributed by atoms with van der Waals surface area (Å²) in [6.45, 7) is 3.80. The molecule has 2 bridgehead atoms. The number of unbranched alkanes of at least 4 members (excludes halogenated alkanes) is 1. The quantitative estimate of drug-likeness (QED) is 0.0654. The lowest BCUT2D eigenvalue weighted by molar-refractivity contribution is -0.146. The number of aromatic amines is 1. The number of rotatable bonds is 15. The van der Waals surface area contributed by atoms with Crippen molar-refractivity contribution in [2.75, 3.05) is 44.8 Å². The number of aliphatic imine (C=N–C) groups is 2. The molecule has 1 saturated heterocycles. The van der Waals surface area contributed by atoms with E-state index < -0.39 is 131 Å². The average molecular weight is 1410 g/mol. The molecule has 8 atom stereocenters. The predicted molar refractivity (Wildman–Crippen MR) is 377 cm³/mol. The molecular weight excluding hydrogens is 1330 g/mol. The number of carboxylic acid groups (broad SMARTS) is 1. The van der Waals surface area contributed by atoms with E-state index in [4.69, 9.17) is 10.5 Å². The van der Waals surface area contributed by atoms with Gasteiger partial charge in [-0.1, -0.05) is 48.5 Å². The van der Waals surface area contributed by atoms with Crippen LogP contribution in [0.25, 0.3) is 16.5 Å². The number of methoxy groups -OCH3 is 1. The number of thioether (sulfide) groups is 2. The predicted octanol–water partition coefficient (Wildman–Crippen LogP) is 4.23. The highest BCUT2D eigenvalue weighted by Gasteiger charge is 2.48. The molecule has 5 aromatic rings. The number of nitrogens with two attached hydrogens (primary N) is 1. The lowest BCUT2D eigenvalue weighted by Gasteiger charge is -2.36. The largest absolute Gasteiger partial charge is 0.497 e. The standard InChI is InChI=1S/C71H85F2N13O12S2/c1-41-63(90)81-56(30-46-14-13-45-15-16-48(72)32-52(45)46)65(92)82-57(31-47-36-77-54-20-17-49(73)33-53(47)54)66(93)84-59(35-62(88)89)68(95)83-58(34-50-37-75-40-78-50)67(94)85-60(29-42-11-18-51(98-3)19-12-42)69(96)86-25-7-22-71(86,2)70(97)76-24-27-100-39-44-9-6-8-43(28-44)38-99-26-21-61(87)80-55(64(91)79-41)10-4-5-23-74/h6,8-9,11-12,14-20,28,32-33,36,40-41,55-60,77H,4-5,7,10,13,21-27,29-31,34-35,37-39,74H2,1-3H3,(H,76,97)(H,79,91)(H,80,87)(H,81,90)(H,82,92)(H,83,95)(H,84,93)(H,85,94)(H,88,89)/t41-,55+,56+,57+,58+,59+,60+,71+/m1/s1. The van der Waals surface area contributed by atoms with Gasteiger partial charge in [0.25, 0.3) is 0 Å². The van der Waals surface area contributed by atoms with Crippen molar-refractivity contribution in [2.45, 2.75) is 150 Å². The molecule has 100 heavy (non-hydrogen) atoms. The Hall–Kier alpha value is -9.48. The Labute approximate surface area is 586 Å². The molecule has 25 nitrogen and oxygen atoms in total. The molecule has 9 rings (SSSR count). The van der Waals surface area contributed by atoms with Crippen LogP contribution in [0.2, 0.25) is 0 Å². The molecule has 12 N–H and O–H groups in total. The molecule has 532 valence electrons. The minimum absolute atomic E-state index is 0.0137. The smallest absolute Gasteiger partial charge is 0.305 e. The topological polar surface area (TPSA) is 366 Å². The molecule has 4 aliphatic rings. The van der Waals surface area contributed by atoms with Crippen molar-refractivity contribution in [3.8, 4) is 5.75 Å². The van der Waals surface area contributed by atoms with Gasteiger partial charge in [0.2, 0.25) is 53.2 Å². The SMILES string of the molecule is COc1ccc(C[C@@H]2NC(=O)[C@H](CC3=NC=NC3)NC(=O)[C@H](CC(=O)O)NC(=O)[C@H](Cc3c[nH]c4ccc(F)cc34)NC(=O)[C@H](CC3=CCc4ccc(F)cc43)NC(=O)[C@@H](C)NC(=O)[C@H](CCCCN)NC(=O)CCSCc3cccc(c3)CSCCNC(=O)[C@]3(C)CCCN3C2=O)cc1. The van der Waals surface area contributed by atoms with Crippen LogP contribution < -0.4 is 53.0 Å². The number of hydrogen-bond donors (Lipinski definition) is 11. The summed E-state index contributed by atoms with van der Waals surface area (Å²) in [5, 5.41) is 32.5. The Morgan fingerprint density at radius 2 is 1.37 bits per heavy atom. The molecule has 4 aromatic carbocycles. The number of amides is 9. The van der Waals surface area contributed by atoms with Crippen molar-refractivity contribution >= 4 is 111 Å². The molecule has 1 aromatic heterocycles. The van der Waals surface area contributed by atoms with Gasteiger partial charge >= 0.3 is 5.97 Å². The van der Waals surface area contributed by atoms with Gasteiger partial charge in [-0.3, -0.25) is 52.9 Å². The van der Waals surface area contributed by atoms with Crippen molar-refractivity contribution < 1.29 is 66.6 Å². The first-order chi connectivity index (χ1) is 48.1. The number of hydrogen-bond acceptors (Lipinski definition) is 16. The van der Waals surface area contributed by atoms with Gasteiger partial charge in [-0.05, 0) is 140 Å². The highest BCUT2D eigenvalue weighted by Crippen LogP contribution is 2.33. The molecule has 1 aliphatic carbocycles. The monoisotopic (exact) mass is 1410 g/mol. The molecule has 0 spiro atoms. The first-order valence-electron chi connectivity index (χ1n) is 33.3. The molecule has 29 heteroatoms. The van der Waals surface area contributed by atoms with Crippen LogP contribution in [0.5, 0.6) is 5.75 Å². The van der Waals surface area contributed by atoms with Crippen LogP contribution in [-0.2, 0) is 78.7 Å². The molecule has 0 saturated carbocycles. The number of benzene rings is 4. The second-order valence-corrected chi connectivity index (χ2v) is 27.6. The Bertz CT molecular complexity index is 3950. The summed E-state index contributed by atoms with van der Waals surface area (Å²) in [5.74, 6) is -7.40. The van der Waals surface area contributed by atoms with E-state index in [1.807, 2.05) is 18.2 Å². The second kappa shape index (κ2) is 35.5. The van der Waals surface area contributed by atoms with Crippen LogP contribution in [0.3, 0.4) is 0 Å². The van der Waals surface area contributed by atoms with Crippen molar-refractivity contribution in [1.29, 1.82) is 0 Å². The highest BCUT2D eigenvalue weighted by atomic mass is 32.2. The van der Waals surface area contributed by atoms with Gasteiger partial charge in [0.1, 0.15) is 71.6 Å². The first kappa shape index (κ1) is 74.7. The van der Waals surface area contributed by atoms with Gasteiger partial charge in [0.05, 0.1) is 20.1 Å². The fourth-order valence-electron chi connectivity index (χ4n) is 12.5. The zero-order valence-corrected chi connectivity index (χ0v) is 57.6. The normalized spacial score (nSPS) is 23.8. The van der Waals surface area contributed by atoms with Gasteiger partial charge < -0.3 is 68.0 Å². The van der Waals surface area contributed by atoms with E-state index in [2.05, 4.69) is 63.6 Å². The van der Waals surface area contributed by atoms with Gasteiger partial charge in [0, 0.05) is 91.0 Å². The van der Waals surface area contributed by atoms with Crippen LogP contribution in [0.15, 0.2) is 107 Å². The van der Waals surface area contributed by atoms with Crippen LogP contribution in [0.1, 0.15) is 105 Å². The van der Waals surface area contributed by atoms with E-state index in [0.717, 1.165) is 11.1 Å². The average Bonchev–Trinajstić information content (AvgIpc) is 1.62. The molecule has 4 heterocycles. The number of nitrogens with one attached hydrogen (secondary N) is 9. The van der Waals surface area contributed by atoms with Gasteiger partial charge in [-0.25, -0.2) is 13.8 Å². The van der Waals surface area contributed by atoms with E-state index in [-0.39, 0.29) is 62.7 Å². The van der Waals surface area contributed by atoms with Crippen LogP contribution in [-0.4, -0.2) is 179 Å². The number of halogens is 2. The van der Waals surface area contributed by atoms with Gasteiger partial charge in [0.15, 0.2) is 0 Å². The third kappa shape index (κ3) is 20.4. The van der Waals surface area contributed by atoms with Gasteiger partial charge in [-0.15, -0.1) is 0 Å². The number of nitrogens with zero attached hydrogens (tertiary/aromatic N) is 3. The van der Waals surface area contributed by atoms with Crippen molar-refractivity contribution in [3.63, 3.8) is 0 Å². The molecular formula is C71H85F2N13O12S2. The van der Waals surface area contributed by atoms with Crippen molar-refractivity contribution in [1.82, 2.24) is 52.4 Å². The molecule has 1 fully saturated rings. The van der Waals surface area contributed by atoms with Crippen LogP contribution >= 0.6 is 23.5 Å². The number of aliphatic carboxylic acids is 1. The summed E-state index contributed by atoms with van der Waals surface area (Å²) >= 11 is 3.13. The number of carboxylic acids is 1. The second-order valence-electron chi connectivity index (χ2n) is 25.4. The summed E-state index contributed by atoms with van der Waals surface area (Å²) in [6.07, 6.45) is 4.54. The van der Waals surface area contributed by atoms with E-state index in [1.54, 1.807) is 55.1 Å². The Morgan fingerprint density at radius 3 is 2.07 bits per heavy atom. The zero-order valence-electron chi connectivity index (χ0n) is 55.9. The van der Waals surface area contributed by atoms with Crippen molar-refractivity contribution in [2.24, 2.45) is 15.7 Å². The number of H-pyrrole nitrogens is 1. The minimum atomic E-state index is -1.99. The third-order valence-electron chi connectivity index (χ3n) is 18.0. The number of fused-ring (bicyclic) bond motifs is 5. The molecule has 0 radical (unpaired) electrons. The molecule has 3 aliphatic heterocycles. The van der Waals surface area contributed by atoms with E-state index in [0.29, 0.717) is 101 Å². The van der Waals surface area contributed by atoms with Crippen LogP contribution in [0.4, 0.5) is 8.78 Å². The maximum atomic E-state index is 15.2. The number of carbonyl (C=O) groups excluding carboxylic acids is 9. The Balaban J connectivity index is 1.05. The fraction of sp³-hybridized carbons (Fsp3) is 0.437. The highest BCUT2D eigenvalue weighted by molar-refractivity contribution is 7.98. The van der Waals surface area contributed by atoms with Crippen LogP contribution in [0, 0.1) is 11.6 Å². The molecule has 9 amide bonds. The maximum absolute atomic E-state index is 15.2. The number of ether oxygens (including phenoxy) is 1. The first-order valence-corrected chi connectivity index (χ1v) is 35.7. The van der Waals surface area contributed by atoms with E-state index >= 15 is 19.2 Å². The maximum Gasteiger partial charge on any atom is 0.305 e. The number of carbonyl (C=O) groups is 10. The Kier molecular flexibility index (Phi) is 26.5.